The molecule has 0 unspecified atom stereocenters. The molecule has 0 atom stereocenters. The van der Waals surface area contributed by atoms with Gasteiger partial charge in [-0.25, -0.2) is 4.98 Å². The second-order valence-corrected chi connectivity index (χ2v) is 8.21. The third-order valence-corrected chi connectivity index (χ3v) is 5.96. The molecule has 2 aromatic heterocycles. The Labute approximate surface area is 201 Å². The molecule has 4 rings (SSSR count). The van der Waals surface area contributed by atoms with Crippen LogP contribution in [0.5, 0.6) is 0 Å². The molecule has 1 N–H and O–H groups in total. The van der Waals surface area contributed by atoms with E-state index in [1.807, 2.05) is 51.3 Å². The van der Waals surface area contributed by atoms with Crippen LogP contribution in [0.2, 0.25) is 5.02 Å². The molecule has 10 heteroatoms. The van der Waals surface area contributed by atoms with Gasteiger partial charge in [-0.15, -0.1) is 35.3 Å². The van der Waals surface area contributed by atoms with E-state index in [-0.39, 0.29) is 29.9 Å². The highest BCUT2D eigenvalue weighted by atomic mass is 127. The first-order valence-corrected chi connectivity index (χ1v) is 10.8. The number of hydrogen-bond donors (Lipinski definition) is 1. The predicted molar refractivity (Wildman–Crippen MR) is 132 cm³/mol. The average Bonchev–Trinajstić information content (AvgIpc) is 3.31. The van der Waals surface area contributed by atoms with Gasteiger partial charge in [0.1, 0.15) is 0 Å². The number of benzene rings is 1. The van der Waals surface area contributed by atoms with Gasteiger partial charge >= 0.3 is 0 Å². The summed E-state index contributed by atoms with van der Waals surface area (Å²) in [6.45, 7) is 3.48. The highest BCUT2D eigenvalue weighted by Gasteiger charge is 2.23. The fraction of sp³-hybridized carbons (Fsp3) is 0.350. The van der Waals surface area contributed by atoms with Gasteiger partial charge in [-0.2, -0.15) is 0 Å². The van der Waals surface area contributed by atoms with E-state index in [9.17, 15) is 4.79 Å². The summed E-state index contributed by atoms with van der Waals surface area (Å²) >= 11 is 7.64. The minimum Gasteiger partial charge on any atom is -0.351 e. The number of imidazole rings is 1. The summed E-state index contributed by atoms with van der Waals surface area (Å²) in [5.74, 6) is 0.969. The van der Waals surface area contributed by atoms with Crippen LogP contribution in [0.4, 0.5) is 0 Å². The normalized spacial score (nSPS) is 14.7. The molecule has 3 heterocycles. The zero-order chi connectivity index (χ0) is 20.2. The van der Waals surface area contributed by atoms with Crippen molar-refractivity contribution in [2.75, 3.05) is 33.2 Å². The molecule has 1 aliphatic heterocycles. The Bertz CT molecular complexity index is 999. The van der Waals surface area contributed by atoms with Gasteiger partial charge < -0.3 is 15.1 Å². The molecule has 0 bridgehead atoms. The number of rotatable bonds is 4. The summed E-state index contributed by atoms with van der Waals surface area (Å²) < 4.78 is 2.02. The summed E-state index contributed by atoms with van der Waals surface area (Å²) in [6, 6.07) is 7.48. The Kier molecular flexibility index (Phi) is 7.95. The van der Waals surface area contributed by atoms with E-state index in [2.05, 4.69) is 20.2 Å². The van der Waals surface area contributed by atoms with Gasteiger partial charge in [0.05, 0.1) is 18.7 Å². The van der Waals surface area contributed by atoms with E-state index in [1.54, 1.807) is 18.4 Å². The van der Waals surface area contributed by atoms with E-state index in [4.69, 9.17) is 11.6 Å². The molecule has 0 radical (unpaired) electrons. The van der Waals surface area contributed by atoms with Crippen LogP contribution < -0.4 is 5.32 Å². The minimum atomic E-state index is 0. The summed E-state index contributed by atoms with van der Waals surface area (Å²) in [4.78, 5) is 26.7. The molecule has 3 aromatic rings. The van der Waals surface area contributed by atoms with Crippen LogP contribution in [0.3, 0.4) is 0 Å². The molecule has 7 nitrogen and oxygen atoms in total. The Morgan fingerprint density at radius 1 is 1.27 bits per heavy atom. The zero-order valence-corrected chi connectivity index (χ0v) is 20.5. The van der Waals surface area contributed by atoms with Crippen molar-refractivity contribution in [3.8, 4) is 0 Å². The number of carbonyl (C=O) groups excluding carboxylic acids is 1. The smallest absolute Gasteiger partial charge is 0.227 e. The summed E-state index contributed by atoms with van der Waals surface area (Å²) in [7, 11) is 1.78. The van der Waals surface area contributed by atoms with Crippen molar-refractivity contribution in [3.05, 3.63) is 58.3 Å². The molecule has 1 aliphatic rings. The third kappa shape index (κ3) is 5.44. The highest BCUT2D eigenvalue weighted by Crippen LogP contribution is 2.14. The van der Waals surface area contributed by atoms with Gasteiger partial charge in [0.25, 0.3) is 0 Å². The second kappa shape index (κ2) is 10.5. The molecule has 1 saturated heterocycles. The number of fused-ring (bicyclic) bond motifs is 1. The van der Waals surface area contributed by atoms with E-state index < -0.39 is 0 Å². The van der Waals surface area contributed by atoms with Gasteiger partial charge in [-0.05, 0) is 17.7 Å². The van der Waals surface area contributed by atoms with Gasteiger partial charge in [0.2, 0.25) is 5.91 Å². The lowest BCUT2D eigenvalue weighted by Crippen LogP contribution is -2.53. The Morgan fingerprint density at radius 2 is 2.03 bits per heavy atom. The molecule has 1 amide bonds. The van der Waals surface area contributed by atoms with Crippen LogP contribution in [0, 0.1) is 0 Å². The number of aliphatic imine (C=N–C) groups is 1. The number of nitrogens with one attached hydrogen (secondary N) is 1. The number of piperazine rings is 1. The fourth-order valence-corrected chi connectivity index (χ4v) is 4.40. The number of halogens is 2. The summed E-state index contributed by atoms with van der Waals surface area (Å²) in [5, 5.41) is 6.06. The van der Waals surface area contributed by atoms with Crippen molar-refractivity contribution in [2.45, 2.75) is 13.0 Å². The first kappa shape index (κ1) is 22.8. The standard InChI is InChI=1S/C20H23ClN6OS.HI/c1-22-19(23-13-17-14-27-9-10-29-20(27)24-17)26-7-5-25(6-8-26)18(28)12-15-3-2-4-16(21)11-15;/h2-4,9-11,14H,5-8,12-13H2,1H3,(H,22,23);1H. The van der Waals surface area contributed by atoms with Crippen molar-refractivity contribution in [1.29, 1.82) is 0 Å². The maximum absolute atomic E-state index is 12.6. The lowest BCUT2D eigenvalue weighted by Gasteiger charge is -2.36. The number of thiazole rings is 1. The summed E-state index contributed by atoms with van der Waals surface area (Å²) in [6.07, 6.45) is 4.41. The lowest BCUT2D eigenvalue weighted by molar-refractivity contribution is -0.131. The quantitative estimate of drug-likeness (QED) is 0.304. The topological polar surface area (TPSA) is 65.2 Å². The molecule has 0 spiro atoms. The minimum absolute atomic E-state index is 0. The number of nitrogens with zero attached hydrogens (tertiary/aromatic N) is 5. The van der Waals surface area contributed by atoms with Crippen LogP contribution in [-0.4, -0.2) is 64.3 Å². The molecule has 160 valence electrons. The van der Waals surface area contributed by atoms with Crippen molar-refractivity contribution >= 4 is 63.7 Å². The number of aromatic nitrogens is 2. The van der Waals surface area contributed by atoms with Crippen molar-refractivity contribution in [3.63, 3.8) is 0 Å². The molecule has 1 aromatic carbocycles. The largest absolute Gasteiger partial charge is 0.351 e. The van der Waals surface area contributed by atoms with Crippen LogP contribution >= 0.6 is 46.9 Å². The third-order valence-electron chi connectivity index (χ3n) is 4.96. The van der Waals surface area contributed by atoms with E-state index in [0.29, 0.717) is 31.1 Å². The maximum Gasteiger partial charge on any atom is 0.227 e. The van der Waals surface area contributed by atoms with Crippen LogP contribution in [0.1, 0.15) is 11.3 Å². The van der Waals surface area contributed by atoms with Gasteiger partial charge in [0.15, 0.2) is 10.9 Å². The second-order valence-electron chi connectivity index (χ2n) is 6.90. The van der Waals surface area contributed by atoms with Crippen molar-refractivity contribution < 1.29 is 4.79 Å². The van der Waals surface area contributed by atoms with Crippen LogP contribution in [0.25, 0.3) is 4.96 Å². The first-order valence-electron chi connectivity index (χ1n) is 9.51. The SMILES string of the molecule is CN=C(NCc1cn2ccsc2n1)N1CCN(C(=O)Cc2cccc(Cl)c2)CC1.I. The van der Waals surface area contributed by atoms with Crippen LogP contribution in [0.15, 0.2) is 47.0 Å². The molecular formula is C20H24ClIN6OS. The number of amides is 1. The van der Waals surface area contributed by atoms with Gasteiger partial charge in [-0.3, -0.25) is 14.2 Å². The monoisotopic (exact) mass is 558 g/mol. The van der Waals surface area contributed by atoms with E-state index in [0.717, 1.165) is 35.3 Å². The zero-order valence-electron chi connectivity index (χ0n) is 16.6. The summed E-state index contributed by atoms with van der Waals surface area (Å²) in [5.41, 5.74) is 1.93. The number of guanidine groups is 1. The average molecular weight is 559 g/mol. The Hall–Kier alpha value is -1.85. The fourth-order valence-electron chi connectivity index (χ4n) is 3.46. The predicted octanol–water partition coefficient (Wildman–Crippen LogP) is 3.13. The van der Waals surface area contributed by atoms with Crippen LogP contribution in [-0.2, 0) is 17.8 Å². The molecular weight excluding hydrogens is 535 g/mol. The number of carbonyl (C=O) groups is 1. The molecule has 30 heavy (non-hydrogen) atoms. The van der Waals surface area contributed by atoms with Crippen molar-refractivity contribution in [2.24, 2.45) is 4.99 Å². The van der Waals surface area contributed by atoms with Crippen molar-refractivity contribution in [1.82, 2.24) is 24.5 Å². The van der Waals surface area contributed by atoms with Gasteiger partial charge in [0, 0.05) is 56.0 Å². The number of hydrogen-bond acceptors (Lipinski definition) is 4. The Morgan fingerprint density at radius 3 is 2.73 bits per heavy atom. The molecule has 0 aliphatic carbocycles. The molecule has 1 fully saturated rings. The maximum atomic E-state index is 12.6. The van der Waals surface area contributed by atoms with E-state index in [1.165, 1.54) is 0 Å². The first-order chi connectivity index (χ1) is 14.1. The molecule has 0 saturated carbocycles. The van der Waals surface area contributed by atoms with E-state index >= 15 is 0 Å². The van der Waals surface area contributed by atoms with Gasteiger partial charge in [-0.1, -0.05) is 23.7 Å². The lowest BCUT2D eigenvalue weighted by atomic mass is 10.1. The Balaban J connectivity index is 0.00000256. The highest BCUT2D eigenvalue weighted by molar-refractivity contribution is 14.0.